The zero-order valence-electron chi connectivity index (χ0n) is 10.2. The first-order chi connectivity index (χ1) is 8.81. The molecule has 0 bridgehead atoms. The van der Waals surface area contributed by atoms with Crippen molar-refractivity contribution in [1.82, 2.24) is 15.5 Å². The van der Waals surface area contributed by atoms with Crippen molar-refractivity contribution >= 4 is 17.4 Å². The summed E-state index contributed by atoms with van der Waals surface area (Å²) in [5.41, 5.74) is 0. The second-order valence-corrected chi connectivity index (χ2v) is 5.26. The van der Waals surface area contributed by atoms with Gasteiger partial charge in [0.15, 0.2) is 11.0 Å². The maximum Gasteiger partial charge on any atom is 0.151 e. The Morgan fingerprint density at radius 3 is 2.94 bits per heavy atom. The highest BCUT2D eigenvalue weighted by Crippen LogP contribution is 2.19. The Hall–Kier alpha value is -0.910. The largest absolute Gasteiger partial charge is 0.380 e. The quantitative estimate of drug-likeness (QED) is 0.889. The summed E-state index contributed by atoms with van der Waals surface area (Å²) >= 11 is 5.74. The molecule has 2 aliphatic rings. The Labute approximate surface area is 111 Å². The number of anilines is 1. The van der Waals surface area contributed by atoms with Crippen LogP contribution in [0.3, 0.4) is 0 Å². The third kappa shape index (κ3) is 2.74. The smallest absolute Gasteiger partial charge is 0.151 e. The molecule has 2 aliphatic heterocycles. The summed E-state index contributed by atoms with van der Waals surface area (Å²) < 4.78 is 5.38. The van der Waals surface area contributed by atoms with Gasteiger partial charge in [0.25, 0.3) is 0 Å². The predicted octanol–water partition coefficient (Wildman–Crippen LogP) is 1.09. The second kappa shape index (κ2) is 5.38. The average Bonchev–Trinajstić information content (AvgIpc) is 3.02. The van der Waals surface area contributed by atoms with Gasteiger partial charge < -0.3 is 15.0 Å². The van der Waals surface area contributed by atoms with E-state index in [0.717, 1.165) is 45.0 Å². The summed E-state index contributed by atoms with van der Waals surface area (Å²) in [6.45, 7) is 3.72. The molecule has 0 aliphatic carbocycles. The van der Waals surface area contributed by atoms with Gasteiger partial charge in [-0.05, 0) is 25.0 Å². The topological polar surface area (TPSA) is 50.3 Å². The molecule has 0 spiro atoms. The molecule has 3 rings (SSSR count). The first-order valence-electron chi connectivity index (χ1n) is 6.39. The van der Waals surface area contributed by atoms with E-state index in [-0.39, 0.29) is 0 Å². The molecule has 0 saturated carbocycles. The van der Waals surface area contributed by atoms with Crippen LogP contribution in [-0.2, 0) is 4.74 Å². The van der Waals surface area contributed by atoms with Crippen LogP contribution in [-0.4, -0.2) is 48.6 Å². The Kier molecular flexibility index (Phi) is 3.63. The van der Waals surface area contributed by atoms with Crippen molar-refractivity contribution in [3.05, 3.63) is 17.3 Å². The Balaban J connectivity index is 1.55. The molecule has 18 heavy (non-hydrogen) atoms. The standard InChI is InChI=1S/C12H17ClN4O/c13-11-1-2-12(16-15-11)17-5-3-9(7-17)14-10-4-6-18-8-10/h1-2,9-10,14H,3-8H2. The minimum atomic E-state index is 0.440. The molecule has 2 atom stereocenters. The van der Waals surface area contributed by atoms with Gasteiger partial charge in [0.05, 0.1) is 6.61 Å². The van der Waals surface area contributed by atoms with E-state index in [4.69, 9.17) is 16.3 Å². The predicted molar refractivity (Wildman–Crippen MR) is 70.0 cm³/mol. The van der Waals surface area contributed by atoms with Crippen LogP contribution in [0, 0.1) is 0 Å². The number of rotatable bonds is 3. The molecule has 0 amide bonds. The SMILES string of the molecule is Clc1ccc(N2CCC(NC3CCOC3)C2)nn1. The first kappa shape index (κ1) is 12.1. The van der Waals surface area contributed by atoms with Crippen molar-refractivity contribution in [3.63, 3.8) is 0 Å². The number of hydrogen-bond donors (Lipinski definition) is 1. The summed E-state index contributed by atoms with van der Waals surface area (Å²) in [4.78, 5) is 2.25. The molecule has 6 heteroatoms. The molecular weight excluding hydrogens is 252 g/mol. The van der Waals surface area contributed by atoms with Gasteiger partial charge in [-0.2, -0.15) is 0 Å². The van der Waals surface area contributed by atoms with E-state index in [9.17, 15) is 0 Å². The zero-order valence-corrected chi connectivity index (χ0v) is 10.9. The highest BCUT2D eigenvalue weighted by atomic mass is 35.5. The van der Waals surface area contributed by atoms with Crippen LogP contribution in [0.15, 0.2) is 12.1 Å². The zero-order chi connectivity index (χ0) is 12.4. The third-order valence-electron chi connectivity index (χ3n) is 3.53. The van der Waals surface area contributed by atoms with Crippen LogP contribution in [0.25, 0.3) is 0 Å². The lowest BCUT2D eigenvalue weighted by molar-refractivity contribution is 0.188. The third-order valence-corrected chi connectivity index (χ3v) is 3.73. The van der Waals surface area contributed by atoms with Gasteiger partial charge in [0.2, 0.25) is 0 Å². The lowest BCUT2D eigenvalue weighted by Crippen LogP contribution is -2.40. The van der Waals surface area contributed by atoms with Crippen molar-refractivity contribution in [1.29, 1.82) is 0 Å². The fraction of sp³-hybridized carbons (Fsp3) is 0.667. The number of ether oxygens (including phenoxy) is 1. The fourth-order valence-electron chi connectivity index (χ4n) is 2.58. The van der Waals surface area contributed by atoms with E-state index in [1.807, 2.05) is 6.07 Å². The molecule has 98 valence electrons. The molecule has 1 N–H and O–H groups in total. The number of nitrogens with one attached hydrogen (secondary N) is 1. The van der Waals surface area contributed by atoms with Crippen LogP contribution in [0.5, 0.6) is 0 Å². The first-order valence-corrected chi connectivity index (χ1v) is 6.77. The van der Waals surface area contributed by atoms with Crippen LogP contribution in [0.1, 0.15) is 12.8 Å². The molecule has 3 heterocycles. The summed E-state index contributed by atoms with van der Waals surface area (Å²) in [7, 11) is 0. The van der Waals surface area contributed by atoms with Gasteiger partial charge in [0.1, 0.15) is 0 Å². The molecule has 5 nitrogen and oxygen atoms in total. The number of nitrogens with zero attached hydrogens (tertiary/aromatic N) is 3. The molecular formula is C12H17ClN4O. The molecule has 2 saturated heterocycles. The maximum absolute atomic E-state index is 5.74. The average molecular weight is 269 g/mol. The van der Waals surface area contributed by atoms with E-state index in [1.54, 1.807) is 6.07 Å². The molecule has 1 aromatic rings. The van der Waals surface area contributed by atoms with Gasteiger partial charge in [-0.25, -0.2) is 0 Å². The Morgan fingerprint density at radius 2 is 2.22 bits per heavy atom. The van der Waals surface area contributed by atoms with Crippen LogP contribution < -0.4 is 10.2 Å². The maximum atomic E-state index is 5.74. The van der Waals surface area contributed by atoms with Crippen molar-refractivity contribution in [2.24, 2.45) is 0 Å². The normalized spacial score (nSPS) is 27.9. The number of hydrogen-bond acceptors (Lipinski definition) is 5. The van der Waals surface area contributed by atoms with Gasteiger partial charge in [-0.1, -0.05) is 11.6 Å². The fourth-order valence-corrected chi connectivity index (χ4v) is 2.68. The summed E-state index contributed by atoms with van der Waals surface area (Å²) in [5.74, 6) is 0.909. The van der Waals surface area contributed by atoms with Gasteiger partial charge in [0, 0.05) is 31.8 Å². The summed E-state index contributed by atoms with van der Waals surface area (Å²) in [5, 5.41) is 12.1. The van der Waals surface area contributed by atoms with Crippen LogP contribution >= 0.6 is 11.6 Å². The minimum absolute atomic E-state index is 0.440. The van der Waals surface area contributed by atoms with Crippen molar-refractivity contribution < 1.29 is 4.74 Å². The van der Waals surface area contributed by atoms with Crippen molar-refractivity contribution in [2.75, 3.05) is 31.2 Å². The monoisotopic (exact) mass is 268 g/mol. The van der Waals surface area contributed by atoms with E-state index in [2.05, 4.69) is 20.4 Å². The van der Waals surface area contributed by atoms with Crippen molar-refractivity contribution in [2.45, 2.75) is 24.9 Å². The summed E-state index contributed by atoms with van der Waals surface area (Å²) in [6.07, 6.45) is 2.26. The molecule has 1 aromatic heterocycles. The summed E-state index contributed by atoms with van der Waals surface area (Å²) in [6, 6.07) is 4.76. The lowest BCUT2D eigenvalue weighted by atomic mass is 10.2. The van der Waals surface area contributed by atoms with Gasteiger partial charge >= 0.3 is 0 Å². The highest BCUT2D eigenvalue weighted by molar-refractivity contribution is 6.29. The Morgan fingerprint density at radius 1 is 1.28 bits per heavy atom. The van der Waals surface area contributed by atoms with Gasteiger partial charge in [-0.3, -0.25) is 0 Å². The lowest BCUT2D eigenvalue weighted by Gasteiger charge is -2.19. The van der Waals surface area contributed by atoms with Crippen molar-refractivity contribution in [3.8, 4) is 0 Å². The molecule has 2 fully saturated rings. The highest BCUT2D eigenvalue weighted by Gasteiger charge is 2.27. The van der Waals surface area contributed by atoms with Crippen LogP contribution in [0.4, 0.5) is 5.82 Å². The van der Waals surface area contributed by atoms with E-state index in [1.165, 1.54) is 0 Å². The second-order valence-electron chi connectivity index (χ2n) is 4.87. The Bertz CT molecular complexity index is 394. The number of halogens is 1. The van der Waals surface area contributed by atoms with E-state index >= 15 is 0 Å². The molecule has 0 radical (unpaired) electrons. The molecule has 2 unspecified atom stereocenters. The van der Waals surface area contributed by atoms with Crippen LogP contribution in [0.2, 0.25) is 5.15 Å². The van der Waals surface area contributed by atoms with Gasteiger partial charge in [-0.15, -0.1) is 10.2 Å². The minimum Gasteiger partial charge on any atom is -0.380 e. The number of aromatic nitrogens is 2. The van der Waals surface area contributed by atoms with E-state index in [0.29, 0.717) is 17.2 Å². The van der Waals surface area contributed by atoms with E-state index < -0.39 is 0 Å². The molecule has 0 aromatic carbocycles.